The van der Waals surface area contributed by atoms with Crippen LogP contribution in [0.1, 0.15) is 5.56 Å². The Hall–Kier alpha value is -0.740. The Kier molecular flexibility index (Phi) is 2.94. The molecule has 1 aromatic carbocycles. The Labute approximate surface area is 83.5 Å². The molecule has 0 heterocycles. The molecule has 3 nitrogen and oxygen atoms in total. The van der Waals surface area contributed by atoms with Crippen molar-refractivity contribution in [3.8, 4) is 0 Å². The van der Waals surface area contributed by atoms with Crippen LogP contribution in [0.25, 0.3) is 0 Å². The lowest BCUT2D eigenvalue weighted by Crippen LogP contribution is -2.15. The van der Waals surface area contributed by atoms with Gasteiger partial charge in [-0.25, -0.2) is 0 Å². The summed E-state index contributed by atoms with van der Waals surface area (Å²) in [4.78, 5) is 0. The van der Waals surface area contributed by atoms with Crippen LogP contribution in [0.15, 0.2) is 27.8 Å². The molecular formula is C7H7BrClN3. The fourth-order valence-electron chi connectivity index (χ4n) is 0.767. The molecule has 0 radical (unpaired) electrons. The Balaban J connectivity index is 3.18. The van der Waals surface area contributed by atoms with Crippen molar-refractivity contribution in [1.82, 2.24) is 0 Å². The highest BCUT2D eigenvalue weighted by atomic mass is 79.9. The number of rotatable bonds is 1. The van der Waals surface area contributed by atoms with E-state index in [2.05, 4.69) is 21.0 Å². The topological polar surface area (TPSA) is 64.4 Å². The second-order valence-electron chi connectivity index (χ2n) is 2.14. The average Bonchev–Trinajstić information content (AvgIpc) is 2.03. The first-order chi connectivity index (χ1) is 5.65. The number of benzene rings is 1. The molecule has 0 aliphatic carbocycles. The van der Waals surface area contributed by atoms with Crippen LogP contribution in [-0.2, 0) is 0 Å². The van der Waals surface area contributed by atoms with E-state index in [1.807, 2.05) is 6.07 Å². The molecule has 0 spiro atoms. The van der Waals surface area contributed by atoms with E-state index < -0.39 is 0 Å². The summed E-state index contributed by atoms with van der Waals surface area (Å²) in [6.07, 6.45) is 0. The first kappa shape index (κ1) is 9.35. The summed E-state index contributed by atoms with van der Waals surface area (Å²) < 4.78 is 0.890. The van der Waals surface area contributed by atoms with Crippen molar-refractivity contribution in [3.05, 3.63) is 33.3 Å². The summed E-state index contributed by atoms with van der Waals surface area (Å²) in [5.74, 6) is 5.23. The Morgan fingerprint density at radius 3 is 2.67 bits per heavy atom. The number of hydrogen-bond acceptors (Lipinski definition) is 2. The zero-order valence-electron chi connectivity index (χ0n) is 6.09. The van der Waals surface area contributed by atoms with Gasteiger partial charge in [0.1, 0.15) is 0 Å². The summed E-state index contributed by atoms with van der Waals surface area (Å²) in [5.41, 5.74) is 6.11. The molecule has 64 valence electrons. The molecule has 0 aromatic heterocycles. The van der Waals surface area contributed by atoms with Gasteiger partial charge in [0, 0.05) is 10.0 Å². The fourth-order valence-corrected chi connectivity index (χ4v) is 1.54. The van der Waals surface area contributed by atoms with Crippen molar-refractivity contribution >= 4 is 33.4 Å². The van der Waals surface area contributed by atoms with Gasteiger partial charge in [-0.05, 0) is 18.2 Å². The van der Waals surface area contributed by atoms with Crippen LogP contribution in [0.4, 0.5) is 0 Å². The average molecular weight is 249 g/mol. The molecule has 1 rings (SSSR count). The first-order valence-corrected chi connectivity index (χ1v) is 4.31. The maximum Gasteiger partial charge on any atom is 0.151 e. The summed E-state index contributed by atoms with van der Waals surface area (Å²) in [6, 6.07) is 5.30. The second-order valence-corrected chi connectivity index (χ2v) is 3.46. The summed E-state index contributed by atoms with van der Waals surface area (Å²) in [5, 5.41) is 3.87. The molecule has 12 heavy (non-hydrogen) atoms. The van der Waals surface area contributed by atoms with Crippen LogP contribution in [0.2, 0.25) is 5.02 Å². The molecule has 0 saturated carbocycles. The highest BCUT2D eigenvalue weighted by molar-refractivity contribution is 9.10. The van der Waals surface area contributed by atoms with E-state index in [4.69, 9.17) is 23.2 Å². The Morgan fingerprint density at radius 2 is 2.17 bits per heavy atom. The van der Waals surface area contributed by atoms with E-state index >= 15 is 0 Å². The molecule has 0 fully saturated rings. The molecule has 0 bridgehead atoms. The molecule has 0 amide bonds. The summed E-state index contributed by atoms with van der Waals surface area (Å²) in [7, 11) is 0. The maximum absolute atomic E-state index is 5.86. The number of hydrazone groups is 1. The second kappa shape index (κ2) is 3.78. The standard InChI is InChI=1S/C7H7BrClN3/c8-4-1-2-5(6(9)3-4)7(10)12-11/h1-3H,11H2,(H2,10,12). The van der Waals surface area contributed by atoms with E-state index in [-0.39, 0.29) is 5.84 Å². The molecule has 0 atom stereocenters. The van der Waals surface area contributed by atoms with Gasteiger partial charge in [0.2, 0.25) is 0 Å². The third-order valence-electron chi connectivity index (χ3n) is 1.35. The van der Waals surface area contributed by atoms with E-state index in [9.17, 15) is 0 Å². The fraction of sp³-hybridized carbons (Fsp3) is 0. The third-order valence-corrected chi connectivity index (χ3v) is 2.15. The van der Waals surface area contributed by atoms with Crippen molar-refractivity contribution in [3.63, 3.8) is 0 Å². The van der Waals surface area contributed by atoms with Gasteiger partial charge in [-0.3, -0.25) is 0 Å². The van der Waals surface area contributed by atoms with Crippen LogP contribution < -0.4 is 11.6 Å². The van der Waals surface area contributed by atoms with E-state index in [1.165, 1.54) is 0 Å². The van der Waals surface area contributed by atoms with Gasteiger partial charge in [-0.1, -0.05) is 27.5 Å². The third kappa shape index (κ3) is 1.89. The Morgan fingerprint density at radius 1 is 1.50 bits per heavy atom. The molecule has 4 N–H and O–H groups in total. The molecular weight excluding hydrogens is 241 g/mol. The monoisotopic (exact) mass is 247 g/mol. The van der Waals surface area contributed by atoms with Crippen LogP contribution >= 0.6 is 27.5 Å². The van der Waals surface area contributed by atoms with Gasteiger partial charge in [0.25, 0.3) is 0 Å². The van der Waals surface area contributed by atoms with Gasteiger partial charge in [0.05, 0.1) is 5.02 Å². The number of amidine groups is 1. The minimum Gasteiger partial charge on any atom is -0.382 e. The van der Waals surface area contributed by atoms with Crippen LogP contribution in [0, 0.1) is 0 Å². The summed E-state index contributed by atoms with van der Waals surface area (Å²) in [6.45, 7) is 0. The quantitative estimate of drug-likeness (QED) is 0.344. The zero-order chi connectivity index (χ0) is 9.14. The Bertz CT molecular complexity index is 324. The predicted octanol–water partition coefficient (Wildman–Crippen LogP) is 1.68. The van der Waals surface area contributed by atoms with Gasteiger partial charge >= 0.3 is 0 Å². The highest BCUT2D eigenvalue weighted by Gasteiger charge is 2.03. The lowest BCUT2D eigenvalue weighted by Gasteiger charge is -2.01. The number of nitrogens with zero attached hydrogens (tertiary/aromatic N) is 1. The highest BCUT2D eigenvalue weighted by Crippen LogP contribution is 2.20. The number of hydrogen-bond donors (Lipinski definition) is 2. The first-order valence-electron chi connectivity index (χ1n) is 3.14. The molecule has 0 aliphatic rings. The molecule has 0 saturated heterocycles. The van der Waals surface area contributed by atoms with E-state index in [0.717, 1.165) is 4.47 Å². The summed E-state index contributed by atoms with van der Waals surface area (Å²) >= 11 is 9.13. The van der Waals surface area contributed by atoms with Gasteiger partial charge < -0.3 is 11.6 Å². The lowest BCUT2D eigenvalue weighted by atomic mass is 10.2. The molecule has 1 aromatic rings. The van der Waals surface area contributed by atoms with Gasteiger partial charge in [-0.15, -0.1) is 0 Å². The normalized spacial score (nSPS) is 11.7. The number of nitrogens with two attached hydrogens (primary N) is 2. The molecule has 0 unspecified atom stereocenters. The van der Waals surface area contributed by atoms with E-state index in [0.29, 0.717) is 10.6 Å². The predicted molar refractivity (Wildman–Crippen MR) is 54.1 cm³/mol. The van der Waals surface area contributed by atoms with Crippen molar-refractivity contribution < 1.29 is 0 Å². The zero-order valence-corrected chi connectivity index (χ0v) is 8.43. The number of halogens is 2. The lowest BCUT2D eigenvalue weighted by molar-refractivity contribution is 1.23. The SMILES string of the molecule is N/N=C(/N)c1ccc(Br)cc1Cl. The molecule has 5 heteroatoms. The van der Waals surface area contributed by atoms with Crippen molar-refractivity contribution in [2.75, 3.05) is 0 Å². The van der Waals surface area contributed by atoms with E-state index in [1.54, 1.807) is 12.1 Å². The van der Waals surface area contributed by atoms with Crippen LogP contribution in [-0.4, -0.2) is 5.84 Å². The van der Waals surface area contributed by atoms with Crippen LogP contribution in [0.5, 0.6) is 0 Å². The molecule has 0 aliphatic heterocycles. The van der Waals surface area contributed by atoms with Crippen LogP contribution in [0.3, 0.4) is 0 Å². The van der Waals surface area contributed by atoms with Gasteiger partial charge in [0.15, 0.2) is 5.84 Å². The van der Waals surface area contributed by atoms with Gasteiger partial charge in [-0.2, -0.15) is 5.10 Å². The largest absolute Gasteiger partial charge is 0.382 e. The smallest absolute Gasteiger partial charge is 0.151 e. The van der Waals surface area contributed by atoms with Crippen molar-refractivity contribution in [2.45, 2.75) is 0 Å². The minimum atomic E-state index is 0.229. The van der Waals surface area contributed by atoms with Crippen molar-refractivity contribution in [2.24, 2.45) is 16.7 Å². The maximum atomic E-state index is 5.86. The van der Waals surface area contributed by atoms with Crippen molar-refractivity contribution in [1.29, 1.82) is 0 Å². The minimum absolute atomic E-state index is 0.229.